The van der Waals surface area contributed by atoms with Gasteiger partial charge in [0.25, 0.3) is 0 Å². The molecule has 2 aromatic heterocycles. The number of nitrogen functional groups attached to an aromatic ring is 1. The molecule has 3 saturated heterocycles. The van der Waals surface area contributed by atoms with Gasteiger partial charge in [-0.25, -0.2) is 0 Å². The molecule has 0 radical (unpaired) electrons. The van der Waals surface area contributed by atoms with Crippen LogP contribution < -0.4 is 20.7 Å². The number of nitrogens with two attached hydrogens (primary N) is 1. The summed E-state index contributed by atoms with van der Waals surface area (Å²) < 4.78 is 14.5. The van der Waals surface area contributed by atoms with E-state index in [4.69, 9.17) is 20.3 Å². The molecule has 1 unspecified atom stereocenters. The summed E-state index contributed by atoms with van der Waals surface area (Å²) in [6, 6.07) is 16.3. The molecule has 2 aromatic carbocycles. The second-order valence-electron chi connectivity index (χ2n) is 14.9. The third-order valence-corrected chi connectivity index (χ3v) is 11.9. The number of fused-ring (bicyclic) bond motifs is 3. The summed E-state index contributed by atoms with van der Waals surface area (Å²) in [5.74, 6) is 1.36. The van der Waals surface area contributed by atoms with Crippen LogP contribution in [0, 0.1) is 0 Å². The summed E-state index contributed by atoms with van der Waals surface area (Å²) in [5.41, 5.74) is 11.3. The molecule has 1 aliphatic carbocycles. The molecule has 4 aromatic rings. The predicted octanol–water partition coefficient (Wildman–Crippen LogP) is 4.43. The monoisotopic (exact) mass is 704 g/mol. The van der Waals surface area contributed by atoms with Crippen LogP contribution in [0.4, 0.5) is 11.5 Å². The van der Waals surface area contributed by atoms with Crippen molar-refractivity contribution in [2.45, 2.75) is 87.5 Å². The first kappa shape index (κ1) is 32.9. The van der Waals surface area contributed by atoms with Crippen LogP contribution in [0.2, 0.25) is 0 Å². The number of benzene rings is 2. The van der Waals surface area contributed by atoms with Crippen molar-refractivity contribution in [3.8, 4) is 33.9 Å². The zero-order chi connectivity index (χ0) is 35.3. The standard InChI is InChI=1S/C39H44N8O5/c40-38-31(18-32(43-44-38)30-4-1-2-7-35(30)48)24-19-41-46(20-24)26-16-27-21-51-22-28(17-26)47(27)25-10-8-23(9-11-25)29-5-3-6-33-37(29)52-15-14-45(33)34-12-13-36(49)42-39(34)50/h1-7,18-20,23,25-28,34,48H,8-17,21-22H2,(H2,40,44)(H,42,49,50)/t23?,25?,26?,27-,28+,34-/m1/s1. The number of nitrogens with zero attached hydrogens (tertiary/aromatic N) is 6. The number of ether oxygens (including phenoxy) is 2. The number of rotatable bonds is 6. The van der Waals surface area contributed by atoms with E-state index < -0.39 is 0 Å². The van der Waals surface area contributed by atoms with Gasteiger partial charge in [0.2, 0.25) is 11.8 Å². The number of hydrogen-bond acceptors (Lipinski definition) is 11. The van der Waals surface area contributed by atoms with E-state index in [9.17, 15) is 14.7 Å². The van der Waals surface area contributed by atoms with E-state index in [1.54, 1.807) is 12.1 Å². The lowest BCUT2D eigenvalue weighted by molar-refractivity contribution is -0.134. The van der Waals surface area contributed by atoms with Gasteiger partial charge in [-0.1, -0.05) is 24.3 Å². The number of aromatic nitrogens is 4. The van der Waals surface area contributed by atoms with Crippen LogP contribution in [-0.4, -0.2) is 92.3 Å². The Morgan fingerprint density at radius 3 is 2.48 bits per heavy atom. The molecular formula is C39H44N8O5. The molecule has 52 heavy (non-hydrogen) atoms. The van der Waals surface area contributed by atoms with Gasteiger partial charge in [-0.05, 0) is 80.7 Å². The number of hydrogen-bond donors (Lipinski definition) is 3. The van der Waals surface area contributed by atoms with Crippen molar-refractivity contribution < 1.29 is 24.2 Å². The number of imide groups is 1. The Hall–Kier alpha value is -5.01. The van der Waals surface area contributed by atoms with Gasteiger partial charge in [-0.3, -0.25) is 24.5 Å². The maximum atomic E-state index is 12.8. The van der Waals surface area contributed by atoms with Crippen molar-refractivity contribution in [3.05, 3.63) is 66.5 Å². The van der Waals surface area contributed by atoms with E-state index in [0.29, 0.717) is 67.1 Å². The van der Waals surface area contributed by atoms with Crippen LogP contribution in [0.5, 0.6) is 11.5 Å². The largest absolute Gasteiger partial charge is 0.507 e. The number of para-hydroxylation sites is 2. The van der Waals surface area contributed by atoms with E-state index in [2.05, 4.69) is 54.4 Å². The zero-order valence-electron chi connectivity index (χ0n) is 29.1. The molecule has 4 atom stereocenters. The van der Waals surface area contributed by atoms with Gasteiger partial charge in [0.1, 0.15) is 24.1 Å². The number of morpholine rings is 1. The van der Waals surface area contributed by atoms with E-state index in [0.717, 1.165) is 74.3 Å². The fourth-order valence-corrected chi connectivity index (χ4v) is 9.46. The van der Waals surface area contributed by atoms with Gasteiger partial charge < -0.3 is 25.2 Å². The number of aromatic hydroxyl groups is 1. The van der Waals surface area contributed by atoms with Gasteiger partial charge in [-0.15, -0.1) is 10.2 Å². The van der Waals surface area contributed by atoms with Gasteiger partial charge in [0.05, 0.1) is 43.4 Å². The minimum Gasteiger partial charge on any atom is -0.507 e. The Bertz CT molecular complexity index is 1980. The Morgan fingerprint density at radius 1 is 0.885 bits per heavy atom. The van der Waals surface area contributed by atoms with Gasteiger partial charge >= 0.3 is 0 Å². The number of nitrogens with one attached hydrogen (secondary N) is 1. The first-order valence-corrected chi connectivity index (χ1v) is 18.6. The normalized spacial score (nSPS) is 27.8. The molecule has 1 saturated carbocycles. The molecule has 9 rings (SSSR count). The first-order valence-electron chi connectivity index (χ1n) is 18.6. The minimum absolute atomic E-state index is 0.142. The summed E-state index contributed by atoms with van der Waals surface area (Å²) in [6.07, 6.45) is 11.1. The van der Waals surface area contributed by atoms with Crippen molar-refractivity contribution in [3.63, 3.8) is 0 Å². The second kappa shape index (κ2) is 13.5. The average Bonchev–Trinajstić information content (AvgIpc) is 3.65. The van der Waals surface area contributed by atoms with Crippen molar-refractivity contribution in [2.24, 2.45) is 0 Å². The lowest BCUT2D eigenvalue weighted by Crippen LogP contribution is -2.61. The minimum atomic E-state index is -0.349. The molecule has 13 nitrogen and oxygen atoms in total. The third-order valence-electron chi connectivity index (χ3n) is 11.9. The highest BCUT2D eigenvalue weighted by Crippen LogP contribution is 2.47. The highest BCUT2D eigenvalue weighted by atomic mass is 16.5. The summed E-state index contributed by atoms with van der Waals surface area (Å²) in [6.45, 7) is 2.61. The molecule has 13 heteroatoms. The summed E-state index contributed by atoms with van der Waals surface area (Å²) in [7, 11) is 0. The first-order chi connectivity index (χ1) is 25.4. The van der Waals surface area contributed by atoms with Crippen LogP contribution in [0.1, 0.15) is 68.9 Å². The molecule has 4 aliphatic heterocycles. The van der Waals surface area contributed by atoms with Crippen LogP contribution >= 0.6 is 0 Å². The van der Waals surface area contributed by atoms with Crippen molar-refractivity contribution in [1.29, 1.82) is 0 Å². The topological polar surface area (TPSA) is 161 Å². The smallest absolute Gasteiger partial charge is 0.249 e. The number of amides is 2. The average molecular weight is 705 g/mol. The van der Waals surface area contributed by atoms with Crippen LogP contribution in [0.25, 0.3) is 22.4 Å². The molecule has 270 valence electrons. The molecular weight excluding hydrogens is 660 g/mol. The maximum Gasteiger partial charge on any atom is 0.249 e. The number of carbonyl (C=O) groups is 2. The summed E-state index contributed by atoms with van der Waals surface area (Å²) in [5, 5.41) is 26.2. The fourth-order valence-electron chi connectivity index (χ4n) is 9.46. The van der Waals surface area contributed by atoms with Crippen LogP contribution in [-0.2, 0) is 14.3 Å². The lowest BCUT2D eigenvalue weighted by atomic mass is 9.78. The Balaban J connectivity index is 0.875. The van der Waals surface area contributed by atoms with E-state index >= 15 is 0 Å². The third kappa shape index (κ3) is 5.95. The molecule has 4 fully saturated rings. The van der Waals surface area contributed by atoms with E-state index in [1.165, 1.54) is 5.56 Å². The Labute approximate surface area is 302 Å². The van der Waals surface area contributed by atoms with E-state index in [-0.39, 0.29) is 29.6 Å². The lowest BCUT2D eigenvalue weighted by Gasteiger charge is -2.53. The Morgan fingerprint density at radius 2 is 1.69 bits per heavy atom. The number of phenolic OH excluding ortho intramolecular Hbond substituents is 1. The molecule has 6 heterocycles. The van der Waals surface area contributed by atoms with Crippen molar-refractivity contribution in [2.75, 3.05) is 37.0 Å². The molecule has 2 bridgehead atoms. The number of piperidine rings is 2. The SMILES string of the molecule is Nc1nnc(-c2ccccc2O)cc1-c1cnn(C2C[C@H]3COC[C@@H](C2)N3C2CCC(c3cccc4c3OCCN4[C@@H]3CCC(=O)NC3=O)CC2)c1. The van der Waals surface area contributed by atoms with Crippen LogP contribution in [0.15, 0.2) is 60.9 Å². The highest BCUT2D eigenvalue weighted by Gasteiger charge is 2.44. The molecule has 2 amide bonds. The quantitative estimate of drug-likeness (QED) is 0.244. The van der Waals surface area contributed by atoms with Gasteiger partial charge in [0, 0.05) is 47.4 Å². The van der Waals surface area contributed by atoms with Crippen molar-refractivity contribution in [1.82, 2.24) is 30.2 Å². The molecule has 0 spiro atoms. The second-order valence-corrected chi connectivity index (χ2v) is 14.9. The van der Waals surface area contributed by atoms with Gasteiger partial charge in [-0.2, -0.15) is 5.10 Å². The summed E-state index contributed by atoms with van der Waals surface area (Å²) >= 11 is 0. The predicted molar refractivity (Wildman–Crippen MR) is 194 cm³/mol. The van der Waals surface area contributed by atoms with Gasteiger partial charge in [0.15, 0.2) is 5.82 Å². The highest BCUT2D eigenvalue weighted by molar-refractivity contribution is 6.02. The molecule has 4 N–H and O–H groups in total. The zero-order valence-corrected chi connectivity index (χ0v) is 29.1. The maximum absolute atomic E-state index is 12.8. The number of anilines is 2. The fraction of sp³-hybridized carbons (Fsp3) is 0.462. The van der Waals surface area contributed by atoms with Crippen LogP contribution in [0.3, 0.4) is 0 Å². The summed E-state index contributed by atoms with van der Waals surface area (Å²) in [4.78, 5) is 29.5. The van der Waals surface area contributed by atoms with E-state index in [1.807, 2.05) is 24.4 Å². The Kier molecular flexibility index (Phi) is 8.54. The van der Waals surface area contributed by atoms with Crippen molar-refractivity contribution >= 4 is 23.3 Å². The number of carbonyl (C=O) groups excluding carboxylic acids is 2. The number of phenols is 1. The molecule has 5 aliphatic rings.